The minimum Gasteiger partial charge on any atom is -0.280 e. The zero-order valence-electron chi connectivity index (χ0n) is 8.69. The molecule has 0 heterocycles. The summed E-state index contributed by atoms with van der Waals surface area (Å²) in [6, 6.07) is 0. The molecule has 0 saturated carbocycles. The fourth-order valence-electron chi connectivity index (χ4n) is 1.51. The van der Waals surface area contributed by atoms with Crippen LogP contribution in [-0.2, 0) is 9.59 Å². The molecule has 0 bridgehead atoms. The van der Waals surface area contributed by atoms with Crippen LogP contribution >= 0.6 is 0 Å². The predicted octanol–water partition coefficient (Wildman–Crippen LogP) is 1.90. The van der Waals surface area contributed by atoms with Gasteiger partial charge in [0.25, 0.3) is 0 Å². The van der Waals surface area contributed by atoms with E-state index < -0.39 is 0 Å². The quantitative estimate of drug-likeness (QED) is 0.515. The number of ketones is 2. The van der Waals surface area contributed by atoms with Gasteiger partial charge in [-0.15, -0.1) is 0 Å². The van der Waals surface area contributed by atoms with Crippen molar-refractivity contribution in [3.63, 3.8) is 0 Å². The Hall–Kier alpha value is -2.14. The molecule has 0 aliphatic heterocycles. The van der Waals surface area contributed by atoms with E-state index >= 15 is 0 Å². The molecule has 0 unspecified atom stereocenters. The standard InChI is InChI=1S/C14H10O2/c15-13(11-5-1-2-6-11)9-10-14(16)12-7-3-4-8-12/h1-5,7H,6,8H2. The molecular weight excluding hydrogens is 200 g/mol. The average molecular weight is 210 g/mol. The molecule has 0 aromatic heterocycles. The van der Waals surface area contributed by atoms with Gasteiger partial charge in [0.05, 0.1) is 0 Å². The van der Waals surface area contributed by atoms with E-state index in [9.17, 15) is 9.59 Å². The van der Waals surface area contributed by atoms with Gasteiger partial charge in [-0.05, 0) is 24.7 Å². The van der Waals surface area contributed by atoms with Crippen molar-refractivity contribution in [2.24, 2.45) is 0 Å². The minimum atomic E-state index is -0.259. The van der Waals surface area contributed by atoms with E-state index in [2.05, 4.69) is 11.8 Å². The smallest absolute Gasteiger partial charge is 0.232 e. The molecule has 0 atom stereocenters. The van der Waals surface area contributed by atoms with Gasteiger partial charge in [0.2, 0.25) is 11.6 Å². The molecule has 0 spiro atoms. The summed E-state index contributed by atoms with van der Waals surface area (Å²) < 4.78 is 0. The monoisotopic (exact) mass is 210 g/mol. The highest BCUT2D eigenvalue weighted by Gasteiger charge is 2.09. The summed E-state index contributed by atoms with van der Waals surface area (Å²) in [6.07, 6.45) is 12.1. The third kappa shape index (κ3) is 2.26. The third-order valence-corrected chi connectivity index (χ3v) is 2.42. The van der Waals surface area contributed by atoms with Gasteiger partial charge in [-0.1, -0.05) is 36.5 Å². The van der Waals surface area contributed by atoms with Crippen LogP contribution in [0.25, 0.3) is 0 Å². The number of hydrogen-bond donors (Lipinski definition) is 0. The number of hydrogen-bond acceptors (Lipinski definition) is 2. The maximum atomic E-state index is 11.5. The van der Waals surface area contributed by atoms with Crippen molar-refractivity contribution in [3.05, 3.63) is 47.6 Å². The van der Waals surface area contributed by atoms with Crippen LogP contribution < -0.4 is 0 Å². The molecule has 16 heavy (non-hydrogen) atoms. The van der Waals surface area contributed by atoms with Crippen LogP contribution in [0.15, 0.2) is 47.6 Å². The van der Waals surface area contributed by atoms with Gasteiger partial charge in [-0.3, -0.25) is 9.59 Å². The lowest BCUT2D eigenvalue weighted by Crippen LogP contribution is -2.00. The van der Waals surface area contributed by atoms with Crippen LogP contribution in [0.4, 0.5) is 0 Å². The molecule has 0 saturated heterocycles. The Morgan fingerprint density at radius 3 is 1.62 bits per heavy atom. The second-order valence-corrected chi connectivity index (χ2v) is 3.56. The van der Waals surface area contributed by atoms with Crippen molar-refractivity contribution >= 4 is 11.6 Å². The molecule has 0 aromatic rings. The van der Waals surface area contributed by atoms with E-state index in [0.717, 1.165) is 0 Å². The Balaban J connectivity index is 1.99. The summed E-state index contributed by atoms with van der Waals surface area (Å²) in [7, 11) is 0. The van der Waals surface area contributed by atoms with E-state index in [4.69, 9.17) is 0 Å². The van der Waals surface area contributed by atoms with Crippen LogP contribution in [0.2, 0.25) is 0 Å². The fraction of sp³-hybridized carbons (Fsp3) is 0.143. The number of Topliss-reactive ketones (excluding diaryl/α,β-unsaturated/α-hetero) is 2. The van der Waals surface area contributed by atoms with Crippen molar-refractivity contribution in [1.82, 2.24) is 0 Å². The highest BCUT2D eigenvalue weighted by atomic mass is 16.1. The van der Waals surface area contributed by atoms with Crippen molar-refractivity contribution in [2.75, 3.05) is 0 Å². The van der Waals surface area contributed by atoms with Gasteiger partial charge in [-0.25, -0.2) is 0 Å². The Morgan fingerprint density at radius 1 is 0.875 bits per heavy atom. The van der Waals surface area contributed by atoms with Crippen molar-refractivity contribution in [1.29, 1.82) is 0 Å². The van der Waals surface area contributed by atoms with Crippen molar-refractivity contribution in [3.8, 4) is 11.8 Å². The first-order valence-corrected chi connectivity index (χ1v) is 5.09. The second kappa shape index (κ2) is 4.59. The molecular formula is C14H10O2. The van der Waals surface area contributed by atoms with Gasteiger partial charge in [0.1, 0.15) is 0 Å². The normalized spacial score (nSPS) is 16.5. The van der Waals surface area contributed by atoms with Gasteiger partial charge in [0, 0.05) is 11.1 Å². The van der Waals surface area contributed by atoms with Gasteiger partial charge < -0.3 is 0 Å². The summed E-state index contributed by atoms with van der Waals surface area (Å²) in [5.74, 6) is 4.25. The van der Waals surface area contributed by atoms with E-state index in [-0.39, 0.29) is 11.6 Å². The average Bonchev–Trinajstić information content (AvgIpc) is 2.95. The Labute approximate surface area is 94.0 Å². The van der Waals surface area contributed by atoms with Crippen LogP contribution in [0.3, 0.4) is 0 Å². The molecule has 0 aromatic carbocycles. The van der Waals surface area contributed by atoms with Crippen molar-refractivity contribution in [2.45, 2.75) is 12.8 Å². The molecule has 2 heteroatoms. The second-order valence-electron chi connectivity index (χ2n) is 3.56. The molecule has 0 fully saturated rings. The lowest BCUT2D eigenvalue weighted by atomic mass is 10.1. The van der Waals surface area contributed by atoms with Gasteiger partial charge in [-0.2, -0.15) is 0 Å². The van der Waals surface area contributed by atoms with Crippen molar-refractivity contribution < 1.29 is 9.59 Å². The summed E-state index contributed by atoms with van der Waals surface area (Å²) in [4.78, 5) is 23.0. The van der Waals surface area contributed by atoms with Crippen LogP contribution in [0, 0.1) is 11.8 Å². The minimum absolute atomic E-state index is 0.259. The summed E-state index contributed by atoms with van der Waals surface area (Å²) in [5, 5.41) is 0. The summed E-state index contributed by atoms with van der Waals surface area (Å²) in [6.45, 7) is 0. The first kappa shape index (κ1) is 10.4. The third-order valence-electron chi connectivity index (χ3n) is 2.42. The van der Waals surface area contributed by atoms with Crippen LogP contribution in [0.5, 0.6) is 0 Å². The van der Waals surface area contributed by atoms with Crippen LogP contribution in [-0.4, -0.2) is 11.6 Å². The van der Waals surface area contributed by atoms with E-state index in [0.29, 0.717) is 24.0 Å². The highest BCUT2D eigenvalue weighted by molar-refractivity contribution is 6.16. The van der Waals surface area contributed by atoms with E-state index in [1.807, 2.05) is 24.3 Å². The molecule has 2 nitrogen and oxygen atoms in total. The largest absolute Gasteiger partial charge is 0.280 e. The first-order chi connectivity index (χ1) is 7.77. The number of allylic oxidation sites excluding steroid dienone is 8. The summed E-state index contributed by atoms with van der Waals surface area (Å²) in [5.41, 5.74) is 1.30. The maximum absolute atomic E-state index is 11.5. The Bertz CT molecular complexity index is 471. The molecule has 2 aliphatic carbocycles. The number of carbonyl (C=O) groups excluding carboxylic acids is 2. The number of carbonyl (C=O) groups is 2. The lowest BCUT2D eigenvalue weighted by Gasteiger charge is -1.92. The summed E-state index contributed by atoms with van der Waals surface area (Å²) >= 11 is 0. The SMILES string of the molecule is O=C(C#CC(=O)C1=CC=CC1)C1=CC=CC1. The Kier molecular flexibility index (Phi) is 2.98. The molecule has 2 aliphatic rings. The van der Waals surface area contributed by atoms with Gasteiger partial charge >= 0.3 is 0 Å². The highest BCUT2D eigenvalue weighted by Crippen LogP contribution is 2.12. The Morgan fingerprint density at radius 2 is 1.31 bits per heavy atom. The maximum Gasteiger partial charge on any atom is 0.232 e. The molecule has 0 N–H and O–H groups in total. The molecule has 2 rings (SSSR count). The van der Waals surface area contributed by atoms with Gasteiger partial charge in [0.15, 0.2) is 0 Å². The fourth-order valence-corrected chi connectivity index (χ4v) is 1.51. The lowest BCUT2D eigenvalue weighted by molar-refractivity contribution is -0.112. The molecule has 0 radical (unpaired) electrons. The van der Waals surface area contributed by atoms with E-state index in [1.165, 1.54) is 0 Å². The van der Waals surface area contributed by atoms with Crippen LogP contribution in [0.1, 0.15) is 12.8 Å². The topological polar surface area (TPSA) is 34.1 Å². The predicted molar refractivity (Wildman–Crippen MR) is 61.5 cm³/mol. The zero-order chi connectivity index (χ0) is 11.4. The zero-order valence-corrected chi connectivity index (χ0v) is 8.69. The first-order valence-electron chi connectivity index (χ1n) is 5.09. The van der Waals surface area contributed by atoms with E-state index in [1.54, 1.807) is 12.2 Å². The molecule has 0 amide bonds. The molecule has 78 valence electrons. The number of rotatable bonds is 2.